The maximum Gasteiger partial charge on any atom is 0.307 e. The Morgan fingerprint density at radius 3 is 2.75 bits per heavy atom. The Labute approximate surface area is 94.8 Å². The number of aromatic nitrogens is 1. The van der Waals surface area contributed by atoms with E-state index in [0.29, 0.717) is 0 Å². The molecule has 1 aromatic rings. The summed E-state index contributed by atoms with van der Waals surface area (Å²) in [6.07, 6.45) is -2.41. The molecule has 1 rings (SSSR count). The Balaban J connectivity index is 3.28. The van der Waals surface area contributed by atoms with Gasteiger partial charge in [-0.2, -0.15) is 0 Å². The number of methoxy groups -OCH3 is 1. The summed E-state index contributed by atoms with van der Waals surface area (Å²) in [5.74, 6) is -1.38. The number of ether oxygens (including phenoxy) is 1. The van der Waals surface area contributed by atoms with Crippen LogP contribution in [-0.4, -0.2) is 23.2 Å². The highest BCUT2D eigenvalue weighted by atomic mass is 35.5. The van der Waals surface area contributed by atoms with Gasteiger partial charge in [0.25, 0.3) is 6.43 Å². The third-order valence-electron chi connectivity index (χ3n) is 1.86. The Bertz CT molecular complexity index is 412. The highest BCUT2D eigenvalue weighted by Crippen LogP contribution is 2.35. The summed E-state index contributed by atoms with van der Waals surface area (Å²) in [5, 5.41) is 8.19. The molecule has 16 heavy (non-hydrogen) atoms. The van der Waals surface area contributed by atoms with E-state index in [1.54, 1.807) is 0 Å². The second-order valence-corrected chi connectivity index (χ2v) is 3.27. The van der Waals surface area contributed by atoms with E-state index >= 15 is 0 Å². The monoisotopic (exact) mass is 251 g/mol. The van der Waals surface area contributed by atoms with E-state index in [2.05, 4.69) is 9.72 Å². The fraction of sp³-hybridized carbons (Fsp3) is 0.333. The van der Waals surface area contributed by atoms with Gasteiger partial charge in [-0.25, -0.2) is 13.8 Å². The summed E-state index contributed by atoms with van der Waals surface area (Å²) in [6, 6.07) is 0. The van der Waals surface area contributed by atoms with Crippen LogP contribution < -0.4 is 4.74 Å². The average Bonchev–Trinajstić information content (AvgIpc) is 2.16. The Kier molecular flexibility index (Phi) is 4.00. The zero-order chi connectivity index (χ0) is 12.3. The molecule has 0 saturated carbocycles. The molecule has 0 aliphatic rings. The molecule has 88 valence electrons. The number of carboxylic acid groups (broad SMARTS) is 1. The van der Waals surface area contributed by atoms with E-state index in [4.69, 9.17) is 16.7 Å². The fourth-order valence-corrected chi connectivity index (χ4v) is 1.53. The number of halogens is 3. The molecule has 0 aromatic carbocycles. The average molecular weight is 252 g/mol. The topological polar surface area (TPSA) is 59.4 Å². The van der Waals surface area contributed by atoms with Gasteiger partial charge >= 0.3 is 5.97 Å². The SMILES string of the molecule is COc1ncc(CC(=O)O)c(C(F)F)c1Cl. The van der Waals surface area contributed by atoms with Crippen molar-refractivity contribution in [2.45, 2.75) is 12.8 Å². The van der Waals surface area contributed by atoms with Gasteiger partial charge in [0.05, 0.1) is 13.5 Å². The number of alkyl halides is 2. The molecule has 7 heteroatoms. The van der Waals surface area contributed by atoms with Crippen LogP contribution in [0.3, 0.4) is 0 Å². The van der Waals surface area contributed by atoms with Gasteiger partial charge in [0.2, 0.25) is 5.88 Å². The van der Waals surface area contributed by atoms with Crippen LogP contribution in [0, 0.1) is 0 Å². The molecular weight excluding hydrogens is 244 g/mol. The van der Waals surface area contributed by atoms with Crippen LogP contribution in [0.2, 0.25) is 5.02 Å². The van der Waals surface area contributed by atoms with E-state index < -0.39 is 24.4 Å². The van der Waals surface area contributed by atoms with Gasteiger partial charge in [-0.3, -0.25) is 4.79 Å². The maximum atomic E-state index is 12.7. The second kappa shape index (κ2) is 5.07. The molecule has 0 bridgehead atoms. The zero-order valence-corrected chi connectivity index (χ0v) is 8.96. The van der Waals surface area contributed by atoms with E-state index in [-0.39, 0.29) is 16.5 Å². The minimum Gasteiger partial charge on any atom is -0.481 e. The number of aliphatic carboxylic acids is 1. The van der Waals surface area contributed by atoms with Crippen LogP contribution in [-0.2, 0) is 11.2 Å². The van der Waals surface area contributed by atoms with Gasteiger partial charge in [-0.05, 0) is 5.56 Å². The maximum absolute atomic E-state index is 12.7. The fourth-order valence-electron chi connectivity index (χ4n) is 1.20. The predicted octanol–water partition coefficient (Wildman–Crippen LogP) is 2.31. The first-order valence-electron chi connectivity index (χ1n) is 4.18. The van der Waals surface area contributed by atoms with Crippen molar-refractivity contribution in [2.24, 2.45) is 0 Å². The van der Waals surface area contributed by atoms with E-state index in [0.717, 1.165) is 6.20 Å². The quantitative estimate of drug-likeness (QED) is 0.892. The third kappa shape index (κ3) is 2.57. The van der Waals surface area contributed by atoms with Crippen molar-refractivity contribution in [1.29, 1.82) is 0 Å². The molecule has 0 aliphatic heterocycles. The van der Waals surface area contributed by atoms with Gasteiger partial charge < -0.3 is 9.84 Å². The van der Waals surface area contributed by atoms with Crippen molar-refractivity contribution < 1.29 is 23.4 Å². The summed E-state index contributed by atoms with van der Waals surface area (Å²) in [4.78, 5) is 14.1. The summed E-state index contributed by atoms with van der Waals surface area (Å²) in [6.45, 7) is 0. The first kappa shape index (κ1) is 12.6. The largest absolute Gasteiger partial charge is 0.481 e. The number of hydrogen-bond acceptors (Lipinski definition) is 3. The molecule has 1 heterocycles. The van der Waals surface area contributed by atoms with E-state index in [1.807, 2.05) is 0 Å². The van der Waals surface area contributed by atoms with Crippen molar-refractivity contribution in [3.8, 4) is 5.88 Å². The van der Waals surface area contributed by atoms with E-state index in [1.165, 1.54) is 7.11 Å². The molecule has 0 spiro atoms. The lowest BCUT2D eigenvalue weighted by atomic mass is 10.1. The molecule has 0 fully saturated rings. The standard InChI is InChI=1S/C9H8ClF2NO3/c1-16-9-7(10)6(8(11)12)4(3-13-9)2-5(14)15/h3,8H,2H2,1H3,(H,14,15). The normalized spacial score (nSPS) is 10.6. The first-order valence-corrected chi connectivity index (χ1v) is 4.56. The van der Waals surface area contributed by atoms with Crippen LogP contribution in [0.25, 0.3) is 0 Å². The van der Waals surface area contributed by atoms with Gasteiger partial charge in [0.1, 0.15) is 5.02 Å². The summed E-state index contributed by atoms with van der Waals surface area (Å²) >= 11 is 5.63. The van der Waals surface area contributed by atoms with Crippen LogP contribution >= 0.6 is 11.6 Å². The van der Waals surface area contributed by atoms with Crippen LogP contribution in [0.4, 0.5) is 8.78 Å². The molecule has 0 saturated heterocycles. The number of pyridine rings is 1. The van der Waals surface area contributed by atoms with Gasteiger partial charge in [-0.1, -0.05) is 11.6 Å². The lowest BCUT2D eigenvalue weighted by molar-refractivity contribution is -0.136. The van der Waals surface area contributed by atoms with Gasteiger partial charge in [-0.15, -0.1) is 0 Å². The smallest absolute Gasteiger partial charge is 0.307 e. The summed E-state index contributed by atoms with van der Waals surface area (Å²) < 4.78 is 30.1. The summed E-state index contributed by atoms with van der Waals surface area (Å²) in [7, 11) is 1.24. The summed E-state index contributed by atoms with van der Waals surface area (Å²) in [5.41, 5.74) is -0.663. The Morgan fingerprint density at radius 2 is 2.31 bits per heavy atom. The first-order chi connectivity index (χ1) is 7.47. The molecule has 4 nitrogen and oxygen atoms in total. The van der Waals surface area contributed by atoms with Crippen molar-refractivity contribution in [1.82, 2.24) is 4.98 Å². The third-order valence-corrected chi connectivity index (χ3v) is 2.23. The molecule has 0 amide bonds. The molecule has 1 N–H and O–H groups in total. The number of rotatable bonds is 4. The molecular formula is C9H8ClF2NO3. The van der Waals surface area contributed by atoms with Gasteiger partial charge in [0.15, 0.2) is 0 Å². The van der Waals surface area contributed by atoms with Crippen molar-refractivity contribution >= 4 is 17.6 Å². The van der Waals surface area contributed by atoms with Gasteiger partial charge in [0, 0.05) is 11.8 Å². The Morgan fingerprint density at radius 1 is 1.69 bits per heavy atom. The van der Waals surface area contributed by atoms with Crippen LogP contribution in [0.1, 0.15) is 17.6 Å². The second-order valence-electron chi connectivity index (χ2n) is 2.89. The zero-order valence-electron chi connectivity index (χ0n) is 8.21. The van der Waals surface area contributed by atoms with Crippen molar-refractivity contribution in [3.05, 3.63) is 22.3 Å². The van der Waals surface area contributed by atoms with Crippen LogP contribution in [0.15, 0.2) is 6.20 Å². The lowest BCUT2D eigenvalue weighted by Crippen LogP contribution is -2.06. The highest BCUT2D eigenvalue weighted by molar-refractivity contribution is 6.32. The highest BCUT2D eigenvalue weighted by Gasteiger charge is 2.22. The lowest BCUT2D eigenvalue weighted by Gasteiger charge is -2.11. The molecule has 0 unspecified atom stereocenters. The minimum atomic E-state index is -2.88. The molecule has 0 aliphatic carbocycles. The number of nitrogens with zero attached hydrogens (tertiary/aromatic N) is 1. The minimum absolute atomic E-state index is 0.117. The van der Waals surface area contributed by atoms with Crippen LogP contribution in [0.5, 0.6) is 5.88 Å². The Hall–Kier alpha value is -1.43. The number of carbonyl (C=O) groups is 1. The molecule has 1 aromatic heterocycles. The molecule has 0 atom stereocenters. The van der Waals surface area contributed by atoms with Crippen molar-refractivity contribution in [3.63, 3.8) is 0 Å². The predicted molar refractivity (Wildman–Crippen MR) is 52.1 cm³/mol. The molecule has 0 radical (unpaired) electrons. The number of carboxylic acids is 1. The van der Waals surface area contributed by atoms with Crippen molar-refractivity contribution in [2.75, 3.05) is 7.11 Å². The van der Waals surface area contributed by atoms with E-state index in [9.17, 15) is 13.6 Å². The number of hydrogen-bond donors (Lipinski definition) is 1.